The molecule has 1 saturated carbocycles. The highest BCUT2D eigenvalue weighted by atomic mass is 16.3. The van der Waals surface area contributed by atoms with E-state index in [1.54, 1.807) is 6.26 Å². The summed E-state index contributed by atoms with van der Waals surface area (Å²) in [7, 11) is 0. The van der Waals surface area contributed by atoms with Gasteiger partial charge in [-0.3, -0.25) is 0 Å². The van der Waals surface area contributed by atoms with Gasteiger partial charge in [-0.05, 0) is 37.1 Å². The molecular formula is C16H16N4O. The van der Waals surface area contributed by atoms with E-state index in [9.17, 15) is 0 Å². The van der Waals surface area contributed by atoms with E-state index in [4.69, 9.17) is 10.2 Å². The molecule has 0 amide bonds. The standard InChI is InChI=1S/C16H16N4O/c17-16-18-14-6-2-1-5-13(14)15(19-16)20(11-7-8-11)10-12-4-3-9-21-12/h1-6,9,11H,7-8,10H2,(H2,17,18,19). The zero-order valence-corrected chi connectivity index (χ0v) is 11.6. The summed E-state index contributed by atoms with van der Waals surface area (Å²) in [6.07, 6.45) is 4.06. The van der Waals surface area contributed by atoms with Crippen LogP contribution in [-0.4, -0.2) is 16.0 Å². The maximum absolute atomic E-state index is 5.88. The molecule has 0 aliphatic heterocycles. The molecule has 0 atom stereocenters. The number of nitrogens with zero attached hydrogens (tertiary/aromatic N) is 3. The van der Waals surface area contributed by atoms with E-state index in [0.29, 0.717) is 18.5 Å². The SMILES string of the molecule is Nc1nc(N(Cc2ccco2)C2CC2)c2ccccc2n1. The zero-order valence-electron chi connectivity index (χ0n) is 11.6. The van der Waals surface area contributed by atoms with Crippen molar-refractivity contribution >= 4 is 22.7 Å². The van der Waals surface area contributed by atoms with Crippen LogP contribution in [0.15, 0.2) is 47.1 Å². The first kappa shape index (κ1) is 12.2. The average Bonchev–Trinajstić information content (AvgIpc) is 3.20. The maximum Gasteiger partial charge on any atom is 0.222 e. The largest absolute Gasteiger partial charge is 0.467 e. The minimum absolute atomic E-state index is 0.314. The fraction of sp³-hybridized carbons (Fsp3) is 0.250. The van der Waals surface area contributed by atoms with Crippen LogP contribution < -0.4 is 10.6 Å². The van der Waals surface area contributed by atoms with Crippen LogP contribution in [0, 0.1) is 0 Å². The van der Waals surface area contributed by atoms with E-state index < -0.39 is 0 Å². The Morgan fingerprint density at radius 1 is 1.14 bits per heavy atom. The van der Waals surface area contributed by atoms with Gasteiger partial charge in [-0.15, -0.1) is 0 Å². The van der Waals surface area contributed by atoms with Crippen LogP contribution in [0.4, 0.5) is 11.8 Å². The van der Waals surface area contributed by atoms with Gasteiger partial charge in [-0.25, -0.2) is 4.98 Å². The molecule has 21 heavy (non-hydrogen) atoms. The average molecular weight is 280 g/mol. The molecule has 1 aliphatic rings. The Bertz CT molecular complexity index is 765. The van der Waals surface area contributed by atoms with Gasteiger partial charge in [0.05, 0.1) is 18.3 Å². The summed E-state index contributed by atoms with van der Waals surface area (Å²) < 4.78 is 5.49. The molecule has 4 rings (SSSR count). The number of hydrogen-bond donors (Lipinski definition) is 1. The van der Waals surface area contributed by atoms with Crippen LogP contribution in [0.5, 0.6) is 0 Å². The first-order valence-electron chi connectivity index (χ1n) is 7.12. The van der Waals surface area contributed by atoms with Gasteiger partial charge < -0.3 is 15.1 Å². The Hall–Kier alpha value is -2.56. The van der Waals surface area contributed by atoms with Gasteiger partial charge >= 0.3 is 0 Å². The van der Waals surface area contributed by atoms with E-state index in [1.807, 2.05) is 36.4 Å². The monoisotopic (exact) mass is 280 g/mol. The second-order valence-corrected chi connectivity index (χ2v) is 5.36. The Labute approximate surface area is 122 Å². The van der Waals surface area contributed by atoms with Crippen molar-refractivity contribution in [1.82, 2.24) is 9.97 Å². The third-order valence-electron chi connectivity index (χ3n) is 3.77. The first-order chi connectivity index (χ1) is 10.3. The predicted molar refractivity (Wildman–Crippen MR) is 81.9 cm³/mol. The number of anilines is 2. The van der Waals surface area contributed by atoms with Crippen molar-refractivity contribution in [2.75, 3.05) is 10.6 Å². The van der Waals surface area contributed by atoms with Gasteiger partial charge in [0.2, 0.25) is 5.95 Å². The van der Waals surface area contributed by atoms with E-state index in [0.717, 1.165) is 22.5 Å². The number of nitrogen functional groups attached to an aromatic ring is 1. The number of fused-ring (bicyclic) bond motifs is 1. The van der Waals surface area contributed by atoms with Crippen LogP contribution in [0.2, 0.25) is 0 Å². The summed E-state index contributed by atoms with van der Waals surface area (Å²) in [5.41, 5.74) is 6.76. The lowest BCUT2D eigenvalue weighted by molar-refractivity contribution is 0.500. The molecule has 0 saturated heterocycles. The van der Waals surface area contributed by atoms with E-state index in [1.165, 1.54) is 12.8 Å². The Morgan fingerprint density at radius 2 is 2.00 bits per heavy atom. The smallest absolute Gasteiger partial charge is 0.222 e. The first-order valence-corrected chi connectivity index (χ1v) is 7.12. The fourth-order valence-electron chi connectivity index (χ4n) is 2.63. The van der Waals surface area contributed by atoms with E-state index in [2.05, 4.69) is 14.9 Å². The number of hydrogen-bond acceptors (Lipinski definition) is 5. The molecule has 0 spiro atoms. The minimum Gasteiger partial charge on any atom is -0.467 e. The summed E-state index contributed by atoms with van der Waals surface area (Å²) in [5, 5.41) is 1.03. The van der Waals surface area contributed by atoms with E-state index >= 15 is 0 Å². The maximum atomic E-state index is 5.88. The fourth-order valence-corrected chi connectivity index (χ4v) is 2.63. The lowest BCUT2D eigenvalue weighted by Gasteiger charge is -2.24. The van der Waals surface area contributed by atoms with Crippen molar-refractivity contribution < 1.29 is 4.42 Å². The molecule has 1 aliphatic carbocycles. The van der Waals surface area contributed by atoms with Gasteiger partial charge in [-0.2, -0.15) is 4.98 Å². The van der Waals surface area contributed by atoms with Gasteiger partial charge in [0, 0.05) is 11.4 Å². The molecule has 1 fully saturated rings. The molecule has 2 heterocycles. The van der Waals surface area contributed by atoms with Crippen molar-refractivity contribution in [3.63, 3.8) is 0 Å². The summed E-state index contributed by atoms with van der Waals surface area (Å²) in [6, 6.07) is 12.4. The second-order valence-electron chi connectivity index (χ2n) is 5.36. The lowest BCUT2D eigenvalue weighted by Crippen LogP contribution is -2.26. The molecule has 5 nitrogen and oxygen atoms in total. The van der Waals surface area contributed by atoms with Gasteiger partial charge in [-0.1, -0.05) is 12.1 Å². The number of furan rings is 1. The van der Waals surface area contributed by atoms with Crippen molar-refractivity contribution in [3.8, 4) is 0 Å². The molecule has 0 radical (unpaired) electrons. The van der Waals surface area contributed by atoms with Crippen molar-refractivity contribution in [2.24, 2.45) is 0 Å². The number of rotatable bonds is 4. The molecule has 106 valence electrons. The summed E-state index contributed by atoms with van der Waals surface area (Å²) >= 11 is 0. The number of aromatic nitrogens is 2. The highest BCUT2D eigenvalue weighted by molar-refractivity contribution is 5.90. The van der Waals surface area contributed by atoms with Crippen molar-refractivity contribution in [3.05, 3.63) is 48.4 Å². The second kappa shape index (κ2) is 4.77. The summed E-state index contributed by atoms with van der Waals surface area (Å²) in [5.74, 6) is 2.15. The van der Waals surface area contributed by atoms with Crippen LogP contribution in [0.3, 0.4) is 0 Å². The number of nitrogens with two attached hydrogens (primary N) is 1. The quantitative estimate of drug-likeness (QED) is 0.795. The number of para-hydroxylation sites is 1. The van der Waals surface area contributed by atoms with Crippen molar-refractivity contribution in [2.45, 2.75) is 25.4 Å². The minimum atomic E-state index is 0.314. The number of benzene rings is 1. The van der Waals surface area contributed by atoms with Gasteiger partial charge in [0.1, 0.15) is 11.6 Å². The van der Waals surface area contributed by atoms with Gasteiger partial charge in [0.15, 0.2) is 0 Å². The van der Waals surface area contributed by atoms with Crippen LogP contribution in [0.1, 0.15) is 18.6 Å². The van der Waals surface area contributed by atoms with Crippen molar-refractivity contribution in [1.29, 1.82) is 0 Å². The Kier molecular flexibility index (Phi) is 2.77. The Morgan fingerprint density at radius 3 is 2.76 bits per heavy atom. The predicted octanol–water partition coefficient (Wildman–Crippen LogP) is 2.97. The summed E-state index contributed by atoms with van der Waals surface area (Å²) in [4.78, 5) is 11.1. The third-order valence-corrected chi connectivity index (χ3v) is 3.77. The Balaban J connectivity index is 1.82. The molecular weight excluding hydrogens is 264 g/mol. The molecule has 5 heteroatoms. The molecule has 2 N–H and O–H groups in total. The molecule has 0 unspecified atom stereocenters. The molecule has 1 aromatic carbocycles. The highest BCUT2D eigenvalue weighted by Gasteiger charge is 2.32. The summed E-state index contributed by atoms with van der Waals surface area (Å²) in [6.45, 7) is 0.706. The lowest BCUT2D eigenvalue weighted by atomic mass is 10.2. The molecule has 0 bridgehead atoms. The van der Waals surface area contributed by atoms with Crippen LogP contribution >= 0.6 is 0 Å². The third kappa shape index (κ3) is 2.31. The molecule has 3 aromatic rings. The van der Waals surface area contributed by atoms with Crippen LogP contribution in [0.25, 0.3) is 10.9 Å². The van der Waals surface area contributed by atoms with Gasteiger partial charge in [0.25, 0.3) is 0 Å². The highest BCUT2D eigenvalue weighted by Crippen LogP contribution is 2.35. The van der Waals surface area contributed by atoms with E-state index in [-0.39, 0.29) is 0 Å². The topological polar surface area (TPSA) is 68.2 Å². The molecule has 2 aromatic heterocycles. The normalized spacial score (nSPS) is 14.5. The zero-order chi connectivity index (χ0) is 14.2. The van der Waals surface area contributed by atoms with Crippen LogP contribution in [-0.2, 0) is 6.54 Å².